The maximum absolute atomic E-state index is 13.6. The number of benzene rings is 3. The van der Waals surface area contributed by atoms with Crippen LogP contribution in [0.15, 0.2) is 72.8 Å². The molecule has 0 heterocycles. The molecule has 0 aliphatic heterocycles. The summed E-state index contributed by atoms with van der Waals surface area (Å²) in [4.78, 5) is 12.1. The van der Waals surface area contributed by atoms with Gasteiger partial charge < -0.3 is 21.1 Å². The molecule has 0 bridgehead atoms. The molecule has 3 aromatic rings. The Bertz CT molecular complexity index is 977. The molecule has 0 saturated carbocycles. The SMILES string of the molecule is O=C(Nc1ccc(NC(=S)Nc2cccc(O)c2)cc1)c1ccccc1F. The van der Waals surface area contributed by atoms with Gasteiger partial charge in [-0.05, 0) is 60.7 Å². The molecular formula is C20H16FN3O2S. The number of carbonyl (C=O) groups is 1. The topological polar surface area (TPSA) is 73.4 Å². The van der Waals surface area contributed by atoms with Crippen LogP contribution in [0.5, 0.6) is 5.75 Å². The van der Waals surface area contributed by atoms with Crippen LogP contribution >= 0.6 is 12.2 Å². The zero-order valence-electron chi connectivity index (χ0n) is 14.1. The Balaban J connectivity index is 1.59. The highest BCUT2D eigenvalue weighted by Crippen LogP contribution is 2.18. The lowest BCUT2D eigenvalue weighted by Gasteiger charge is -2.12. The Hall–Kier alpha value is -3.45. The fourth-order valence-corrected chi connectivity index (χ4v) is 2.59. The van der Waals surface area contributed by atoms with E-state index in [9.17, 15) is 14.3 Å². The van der Waals surface area contributed by atoms with Crippen LogP contribution in [0.2, 0.25) is 0 Å². The van der Waals surface area contributed by atoms with Crippen molar-refractivity contribution in [3.05, 3.63) is 84.2 Å². The lowest BCUT2D eigenvalue weighted by Crippen LogP contribution is -2.19. The molecule has 5 nitrogen and oxygen atoms in total. The molecule has 0 fully saturated rings. The number of nitrogens with one attached hydrogen (secondary N) is 3. The number of amides is 1. The van der Waals surface area contributed by atoms with Gasteiger partial charge in [-0.3, -0.25) is 4.79 Å². The van der Waals surface area contributed by atoms with Gasteiger partial charge in [-0.1, -0.05) is 18.2 Å². The van der Waals surface area contributed by atoms with Crippen molar-refractivity contribution in [3.8, 4) is 5.75 Å². The van der Waals surface area contributed by atoms with Crippen LogP contribution in [0.4, 0.5) is 21.5 Å². The largest absolute Gasteiger partial charge is 0.508 e. The van der Waals surface area contributed by atoms with Crippen LogP contribution in [0, 0.1) is 5.82 Å². The second kappa shape index (κ2) is 8.29. The molecular weight excluding hydrogens is 365 g/mol. The van der Waals surface area contributed by atoms with Crippen molar-refractivity contribution in [2.75, 3.05) is 16.0 Å². The van der Waals surface area contributed by atoms with E-state index >= 15 is 0 Å². The van der Waals surface area contributed by atoms with E-state index in [1.165, 1.54) is 18.2 Å². The fraction of sp³-hybridized carbons (Fsp3) is 0. The van der Waals surface area contributed by atoms with Gasteiger partial charge >= 0.3 is 0 Å². The summed E-state index contributed by atoms with van der Waals surface area (Å²) in [6.07, 6.45) is 0. The molecule has 0 saturated heterocycles. The third-order valence-corrected chi connectivity index (χ3v) is 3.83. The second-order valence-corrected chi connectivity index (χ2v) is 6.05. The molecule has 27 heavy (non-hydrogen) atoms. The summed E-state index contributed by atoms with van der Waals surface area (Å²) >= 11 is 5.23. The molecule has 3 aromatic carbocycles. The van der Waals surface area contributed by atoms with Crippen molar-refractivity contribution < 1.29 is 14.3 Å². The van der Waals surface area contributed by atoms with Gasteiger partial charge in [0, 0.05) is 23.1 Å². The molecule has 0 atom stereocenters. The first-order valence-corrected chi connectivity index (χ1v) is 8.45. The Morgan fingerprint density at radius 2 is 1.44 bits per heavy atom. The fourth-order valence-electron chi connectivity index (χ4n) is 2.36. The van der Waals surface area contributed by atoms with Crippen molar-refractivity contribution in [1.29, 1.82) is 0 Å². The van der Waals surface area contributed by atoms with Crippen molar-refractivity contribution in [2.45, 2.75) is 0 Å². The number of phenols is 1. The summed E-state index contributed by atoms with van der Waals surface area (Å²) in [5.74, 6) is -0.954. The van der Waals surface area contributed by atoms with Crippen LogP contribution in [0.25, 0.3) is 0 Å². The summed E-state index contributed by atoms with van der Waals surface area (Å²) < 4.78 is 13.6. The minimum Gasteiger partial charge on any atom is -0.508 e. The van der Waals surface area contributed by atoms with Gasteiger partial charge in [-0.15, -0.1) is 0 Å². The average molecular weight is 381 g/mol. The zero-order valence-corrected chi connectivity index (χ0v) is 14.9. The number of anilines is 3. The normalized spacial score (nSPS) is 10.1. The van der Waals surface area contributed by atoms with Crippen LogP contribution in [-0.2, 0) is 0 Å². The highest BCUT2D eigenvalue weighted by Gasteiger charge is 2.10. The first kappa shape index (κ1) is 18.3. The molecule has 1 amide bonds. The van der Waals surface area contributed by atoms with E-state index in [1.54, 1.807) is 54.6 Å². The summed E-state index contributed by atoms with van der Waals surface area (Å²) in [6, 6.07) is 19.2. The molecule has 7 heteroatoms. The highest BCUT2D eigenvalue weighted by molar-refractivity contribution is 7.80. The van der Waals surface area contributed by atoms with E-state index < -0.39 is 11.7 Å². The van der Waals surface area contributed by atoms with Crippen LogP contribution < -0.4 is 16.0 Å². The van der Waals surface area contributed by atoms with Crippen molar-refractivity contribution in [3.63, 3.8) is 0 Å². The Labute approximate surface area is 160 Å². The van der Waals surface area contributed by atoms with Crippen molar-refractivity contribution >= 4 is 40.3 Å². The zero-order chi connectivity index (χ0) is 19.2. The number of carbonyl (C=O) groups excluding carboxylic acids is 1. The molecule has 4 N–H and O–H groups in total. The molecule has 0 aromatic heterocycles. The monoisotopic (exact) mass is 381 g/mol. The van der Waals surface area contributed by atoms with E-state index in [1.807, 2.05) is 0 Å². The van der Waals surface area contributed by atoms with Gasteiger partial charge in [-0.25, -0.2) is 4.39 Å². The van der Waals surface area contributed by atoms with Gasteiger partial charge in [0.2, 0.25) is 0 Å². The minimum absolute atomic E-state index is 0.0174. The number of rotatable bonds is 4. The van der Waals surface area contributed by atoms with Gasteiger partial charge in [0.15, 0.2) is 5.11 Å². The van der Waals surface area contributed by atoms with Crippen molar-refractivity contribution in [1.82, 2.24) is 0 Å². The van der Waals surface area contributed by atoms with Crippen LogP contribution in [0.1, 0.15) is 10.4 Å². The average Bonchev–Trinajstić information content (AvgIpc) is 2.63. The predicted molar refractivity (Wildman–Crippen MR) is 109 cm³/mol. The Kier molecular flexibility index (Phi) is 5.63. The van der Waals surface area contributed by atoms with E-state index in [0.29, 0.717) is 22.2 Å². The van der Waals surface area contributed by atoms with Crippen LogP contribution in [-0.4, -0.2) is 16.1 Å². The van der Waals surface area contributed by atoms with Gasteiger partial charge in [0.25, 0.3) is 5.91 Å². The molecule has 0 aliphatic carbocycles. The lowest BCUT2D eigenvalue weighted by atomic mass is 10.2. The predicted octanol–water partition coefficient (Wildman–Crippen LogP) is 4.59. The van der Waals surface area contributed by atoms with E-state index in [-0.39, 0.29) is 11.3 Å². The van der Waals surface area contributed by atoms with Gasteiger partial charge in [-0.2, -0.15) is 0 Å². The minimum atomic E-state index is -0.573. The third kappa shape index (κ3) is 5.02. The van der Waals surface area contributed by atoms with Gasteiger partial charge in [0.05, 0.1) is 5.56 Å². The smallest absolute Gasteiger partial charge is 0.258 e. The first-order chi connectivity index (χ1) is 13.0. The maximum atomic E-state index is 13.6. The lowest BCUT2D eigenvalue weighted by molar-refractivity contribution is 0.102. The first-order valence-electron chi connectivity index (χ1n) is 8.04. The molecule has 0 aliphatic rings. The molecule has 136 valence electrons. The summed E-state index contributed by atoms with van der Waals surface area (Å²) in [6.45, 7) is 0. The number of phenolic OH excluding ortho intramolecular Hbond substituents is 1. The van der Waals surface area contributed by atoms with Gasteiger partial charge in [0.1, 0.15) is 11.6 Å². The number of aromatic hydroxyl groups is 1. The Morgan fingerprint density at radius 1 is 0.815 bits per heavy atom. The molecule has 3 rings (SSSR count). The van der Waals surface area contributed by atoms with E-state index in [4.69, 9.17) is 12.2 Å². The van der Waals surface area contributed by atoms with E-state index in [0.717, 1.165) is 0 Å². The molecule has 0 spiro atoms. The highest BCUT2D eigenvalue weighted by atomic mass is 32.1. The van der Waals surface area contributed by atoms with E-state index in [2.05, 4.69) is 16.0 Å². The second-order valence-electron chi connectivity index (χ2n) is 5.64. The third-order valence-electron chi connectivity index (χ3n) is 3.62. The number of halogens is 1. The number of hydrogen-bond donors (Lipinski definition) is 4. The maximum Gasteiger partial charge on any atom is 0.258 e. The molecule has 0 unspecified atom stereocenters. The van der Waals surface area contributed by atoms with Crippen LogP contribution in [0.3, 0.4) is 0 Å². The summed E-state index contributed by atoms with van der Waals surface area (Å²) in [5.41, 5.74) is 1.87. The van der Waals surface area contributed by atoms with Crippen molar-refractivity contribution in [2.24, 2.45) is 0 Å². The summed E-state index contributed by atoms with van der Waals surface area (Å²) in [7, 11) is 0. The Morgan fingerprint density at radius 3 is 2.11 bits per heavy atom. The quantitative estimate of drug-likeness (QED) is 0.498. The summed E-state index contributed by atoms with van der Waals surface area (Å²) in [5, 5.41) is 18.4. The molecule has 0 radical (unpaired) electrons. The number of hydrogen-bond acceptors (Lipinski definition) is 3. The standard InChI is InChI=1S/C20H16FN3O2S/c21-18-7-2-1-6-17(18)19(26)22-13-8-10-14(11-9-13)23-20(27)24-15-4-3-5-16(25)12-15/h1-12,25H,(H,22,26)(H2,23,24,27). The number of thiocarbonyl (C=S) groups is 1.